The Morgan fingerprint density at radius 1 is 1.12 bits per heavy atom. The van der Waals surface area contributed by atoms with E-state index in [0.717, 1.165) is 25.2 Å². The highest BCUT2D eigenvalue weighted by molar-refractivity contribution is 9.09. The predicted molar refractivity (Wildman–Crippen MR) is 105 cm³/mol. The maximum absolute atomic E-state index is 12.9. The van der Waals surface area contributed by atoms with Gasteiger partial charge in [0.1, 0.15) is 5.60 Å². The van der Waals surface area contributed by atoms with Crippen LogP contribution in [0.15, 0.2) is 0 Å². The Hall–Kier alpha value is -0.780. The molecular weight excluding hydrogens is 396 g/mol. The monoisotopic (exact) mass is 428 g/mol. The van der Waals surface area contributed by atoms with Gasteiger partial charge in [-0.1, -0.05) is 28.8 Å². The number of hydrogen-bond acceptors (Lipinski definition) is 3. The number of carbonyl (C=O) groups excluding carboxylic acids is 2. The summed E-state index contributed by atoms with van der Waals surface area (Å²) in [6.07, 6.45) is 7.53. The molecule has 2 saturated carbocycles. The highest BCUT2D eigenvalue weighted by Gasteiger charge is 2.46. The molecule has 148 valence electrons. The van der Waals surface area contributed by atoms with E-state index < -0.39 is 5.60 Å². The Bertz CT molecular complexity index is 534. The Balaban J connectivity index is 1.50. The van der Waals surface area contributed by atoms with Gasteiger partial charge in [-0.25, -0.2) is 4.79 Å². The van der Waals surface area contributed by atoms with E-state index in [2.05, 4.69) is 21.2 Å². The average molecular weight is 429 g/mol. The Morgan fingerprint density at radius 3 is 2.58 bits per heavy atom. The zero-order valence-electron chi connectivity index (χ0n) is 16.3. The summed E-state index contributed by atoms with van der Waals surface area (Å²) < 4.78 is 5.44. The van der Waals surface area contributed by atoms with Crippen LogP contribution in [-0.4, -0.2) is 46.5 Å². The second-order valence-corrected chi connectivity index (χ2v) is 10.6. The summed E-state index contributed by atoms with van der Waals surface area (Å²) in [5.74, 6) is 1.65. The molecule has 3 aliphatic rings. The van der Waals surface area contributed by atoms with Crippen LogP contribution in [0, 0.1) is 17.8 Å². The van der Waals surface area contributed by atoms with Crippen LogP contribution in [0.3, 0.4) is 0 Å². The van der Waals surface area contributed by atoms with Crippen LogP contribution in [0.4, 0.5) is 4.79 Å². The van der Waals surface area contributed by atoms with Crippen molar-refractivity contribution in [2.75, 3.05) is 13.1 Å². The van der Waals surface area contributed by atoms with Gasteiger partial charge in [-0.3, -0.25) is 4.79 Å². The van der Waals surface area contributed by atoms with Crippen molar-refractivity contribution < 1.29 is 14.3 Å². The molecule has 1 saturated heterocycles. The zero-order valence-corrected chi connectivity index (χ0v) is 17.9. The van der Waals surface area contributed by atoms with Crippen LogP contribution >= 0.6 is 15.9 Å². The number of alkyl halides is 1. The van der Waals surface area contributed by atoms with Crippen molar-refractivity contribution in [2.24, 2.45) is 17.8 Å². The van der Waals surface area contributed by atoms with Crippen molar-refractivity contribution in [1.29, 1.82) is 0 Å². The van der Waals surface area contributed by atoms with Gasteiger partial charge < -0.3 is 15.0 Å². The van der Waals surface area contributed by atoms with Crippen molar-refractivity contribution in [3.63, 3.8) is 0 Å². The lowest BCUT2D eigenvalue weighted by Gasteiger charge is -2.25. The summed E-state index contributed by atoms with van der Waals surface area (Å²) in [5.41, 5.74) is -0.482. The van der Waals surface area contributed by atoms with Crippen molar-refractivity contribution in [3.05, 3.63) is 0 Å². The quantitative estimate of drug-likeness (QED) is 0.673. The summed E-state index contributed by atoms with van der Waals surface area (Å²) in [6, 6.07) is 0.0590. The number of carbonyl (C=O) groups is 2. The molecule has 0 aromatic carbocycles. The van der Waals surface area contributed by atoms with E-state index in [1.165, 1.54) is 25.7 Å². The number of nitrogens with zero attached hydrogens (tertiary/aromatic N) is 1. The molecule has 0 spiro atoms. The molecule has 0 bridgehead atoms. The maximum atomic E-state index is 12.9. The highest BCUT2D eigenvalue weighted by Crippen LogP contribution is 2.50. The van der Waals surface area contributed by atoms with Gasteiger partial charge in [-0.2, -0.15) is 0 Å². The molecule has 4 unspecified atom stereocenters. The number of halogens is 1. The topological polar surface area (TPSA) is 58.6 Å². The number of ether oxygens (including phenoxy) is 1. The summed E-state index contributed by atoms with van der Waals surface area (Å²) in [7, 11) is 0. The molecule has 1 N–H and O–H groups in total. The zero-order chi connectivity index (χ0) is 18.9. The van der Waals surface area contributed by atoms with E-state index >= 15 is 0 Å². The normalized spacial score (nSPS) is 34.9. The number of rotatable bonds is 2. The summed E-state index contributed by atoms with van der Waals surface area (Å²) in [5, 5.41) is 3.23. The highest BCUT2D eigenvalue weighted by atomic mass is 79.9. The second kappa shape index (κ2) is 8.07. The molecule has 2 amide bonds. The number of fused-ring (bicyclic) bond motifs is 1. The van der Waals surface area contributed by atoms with E-state index in [0.29, 0.717) is 23.8 Å². The van der Waals surface area contributed by atoms with Crippen molar-refractivity contribution in [3.8, 4) is 0 Å². The van der Waals surface area contributed by atoms with E-state index in [1.807, 2.05) is 20.8 Å². The van der Waals surface area contributed by atoms with Gasteiger partial charge in [0.15, 0.2) is 0 Å². The maximum Gasteiger partial charge on any atom is 0.410 e. The standard InChI is InChI=1S/C20H33BrN2O3/c1-20(2,3)26-19(25)23-9-8-15(12-23)22-18(24)16-7-5-4-6-14(21)10-13-11-17(13)16/h13-17H,4-12H2,1-3H3,(H,22,24)/t13?,14?,15-,16?,17?/m1/s1. The molecule has 26 heavy (non-hydrogen) atoms. The molecule has 3 rings (SSSR count). The van der Waals surface area contributed by atoms with Crippen LogP contribution in [-0.2, 0) is 9.53 Å². The van der Waals surface area contributed by atoms with Gasteiger partial charge in [-0.15, -0.1) is 0 Å². The Morgan fingerprint density at radius 2 is 1.85 bits per heavy atom. The SMILES string of the molecule is CC(C)(C)OC(=O)N1CC[C@@H](NC(=O)C2CCCCC(Br)CC3CC32)C1. The van der Waals surface area contributed by atoms with Crippen molar-refractivity contribution >= 4 is 27.9 Å². The molecule has 0 aromatic heterocycles. The number of likely N-dealkylation sites (tertiary alicyclic amines) is 1. The first-order valence-corrected chi connectivity index (χ1v) is 11.1. The first kappa shape index (κ1) is 20.0. The second-order valence-electron chi connectivity index (χ2n) is 9.30. The fraction of sp³-hybridized carbons (Fsp3) is 0.900. The van der Waals surface area contributed by atoms with Gasteiger partial charge in [0, 0.05) is 29.9 Å². The molecule has 1 heterocycles. The van der Waals surface area contributed by atoms with E-state index in [1.54, 1.807) is 4.90 Å². The minimum atomic E-state index is -0.482. The van der Waals surface area contributed by atoms with Crippen molar-refractivity contribution in [2.45, 2.75) is 82.2 Å². The molecule has 5 nitrogen and oxygen atoms in total. The molecule has 5 atom stereocenters. The van der Waals surface area contributed by atoms with Crippen LogP contribution in [0.2, 0.25) is 0 Å². The van der Waals surface area contributed by atoms with Gasteiger partial charge in [0.05, 0.1) is 0 Å². The number of hydrogen-bond donors (Lipinski definition) is 1. The minimum absolute atomic E-state index is 0.0590. The van der Waals surface area contributed by atoms with Crippen LogP contribution in [0.1, 0.15) is 65.7 Å². The third-order valence-corrected chi connectivity index (χ3v) is 6.69. The van der Waals surface area contributed by atoms with Gasteiger partial charge in [-0.05, 0) is 64.7 Å². The lowest BCUT2D eigenvalue weighted by molar-refractivity contribution is -0.126. The average Bonchev–Trinajstić information content (AvgIpc) is 3.07. The van der Waals surface area contributed by atoms with Gasteiger partial charge in [0.25, 0.3) is 0 Å². The Kier molecular flexibility index (Phi) is 6.20. The van der Waals surface area contributed by atoms with Gasteiger partial charge in [0.2, 0.25) is 5.91 Å². The largest absolute Gasteiger partial charge is 0.444 e. The van der Waals surface area contributed by atoms with Crippen LogP contribution in [0.25, 0.3) is 0 Å². The summed E-state index contributed by atoms with van der Waals surface area (Å²) >= 11 is 3.79. The lowest BCUT2D eigenvalue weighted by Crippen LogP contribution is -2.42. The molecular formula is C20H33BrN2O3. The smallest absolute Gasteiger partial charge is 0.410 e. The molecule has 3 fully saturated rings. The lowest BCUT2D eigenvalue weighted by atomic mass is 9.94. The summed E-state index contributed by atoms with van der Waals surface area (Å²) in [4.78, 5) is 27.4. The fourth-order valence-corrected chi connectivity index (χ4v) is 5.23. The predicted octanol–water partition coefficient (Wildman–Crippen LogP) is 4.09. The van der Waals surface area contributed by atoms with Gasteiger partial charge >= 0.3 is 6.09 Å². The number of amides is 2. The van der Waals surface area contributed by atoms with Crippen LogP contribution < -0.4 is 5.32 Å². The third-order valence-electron chi connectivity index (χ3n) is 5.86. The first-order valence-electron chi connectivity index (χ1n) is 10.2. The molecule has 1 aliphatic heterocycles. The molecule has 2 aliphatic carbocycles. The molecule has 0 aromatic rings. The number of nitrogens with one attached hydrogen (secondary N) is 1. The third kappa shape index (κ3) is 5.37. The van der Waals surface area contributed by atoms with E-state index in [-0.39, 0.29) is 24.0 Å². The first-order chi connectivity index (χ1) is 12.2. The molecule has 6 heteroatoms. The molecule has 0 radical (unpaired) electrons. The van der Waals surface area contributed by atoms with Crippen LogP contribution in [0.5, 0.6) is 0 Å². The van der Waals surface area contributed by atoms with Crippen molar-refractivity contribution in [1.82, 2.24) is 10.2 Å². The van der Waals surface area contributed by atoms with E-state index in [4.69, 9.17) is 4.74 Å². The Labute approximate surface area is 165 Å². The van der Waals surface area contributed by atoms with E-state index in [9.17, 15) is 9.59 Å². The minimum Gasteiger partial charge on any atom is -0.444 e. The summed E-state index contributed by atoms with van der Waals surface area (Å²) in [6.45, 7) is 6.84. The fourth-order valence-electron chi connectivity index (χ4n) is 4.43.